The van der Waals surface area contributed by atoms with Crippen LogP contribution in [0.5, 0.6) is 0 Å². The first-order valence-electron chi connectivity index (χ1n) is 7.44. The van der Waals surface area contributed by atoms with Gasteiger partial charge in [0, 0.05) is 17.7 Å². The molecule has 3 nitrogen and oxygen atoms in total. The molecule has 0 aliphatic carbocycles. The van der Waals surface area contributed by atoms with Crippen LogP contribution >= 0.6 is 11.8 Å². The number of nitrogens with one attached hydrogen (secondary N) is 1. The molecule has 0 fully saturated rings. The van der Waals surface area contributed by atoms with Gasteiger partial charge < -0.3 is 10.4 Å². The minimum atomic E-state index is -0.640. The van der Waals surface area contributed by atoms with E-state index < -0.39 is 6.10 Å². The Bertz CT molecular complexity index is 454. The first-order valence-corrected chi connectivity index (χ1v) is 8.42. The van der Waals surface area contributed by atoms with Gasteiger partial charge in [-0.05, 0) is 30.2 Å². The second-order valence-electron chi connectivity index (χ2n) is 6.24. The third kappa shape index (κ3) is 7.53. The molecule has 0 aromatic heterocycles. The van der Waals surface area contributed by atoms with Gasteiger partial charge in [0.05, 0.1) is 6.10 Å². The van der Waals surface area contributed by atoms with E-state index in [0.29, 0.717) is 6.42 Å². The molecular formula is C17H27NO2S. The number of rotatable bonds is 7. The van der Waals surface area contributed by atoms with Crippen LogP contribution in [-0.4, -0.2) is 28.1 Å². The average Bonchev–Trinajstić information content (AvgIpc) is 2.40. The van der Waals surface area contributed by atoms with Crippen molar-refractivity contribution in [2.24, 2.45) is 0 Å². The molecule has 0 saturated carbocycles. The highest BCUT2D eigenvalue weighted by atomic mass is 32.2. The number of amides is 1. The van der Waals surface area contributed by atoms with E-state index in [2.05, 4.69) is 26.1 Å². The SMILES string of the molecule is Cc1ccccc1C(O)CNC(=O)CCCSC(C)(C)C. The summed E-state index contributed by atoms with van der Waals surface area (Å²) < 4.78 is 0.248. The monoisotopic (exact) mass is 309 g/mol. The summed E-state index contributed by atoms with van der Waals surface area (Å²) in [5.41, 5.74) is 1.92. The lowest BCUT2D eigenvalue weighted by Gasteiger charge is -2.17. The topological polar surface area (TPSA) is 49.3 Å². The Labute approximate surface area is 132 Å². The van der Waals surface area contributed by atoms with Crippen molar-refractivity contribution in [3.05, 3.63) is 35.4 Å². The van der Waals surface area contributed by atoms with Crippen LogP contribution in [-0.2, 0) is 4.79 Å². The molecule has 1 aromatic carbocycles. The van der Waals surface area contributed by atoms with Gasteiger partial charge in [0.2, 0.25) is 5.91 Å². The summed E-state index contributed by atoms with van der Waals surface area (Å²) in [6.45, 7) is 8.77. The summed E-state index contributed by atoms with van der Waals surface area (Å²) >= 11 is 1.87. The summed E-state index contributed by atoms with van der Waals surface area (Å²) in [5, 5.41) is 12.9. The predicted octanol–water partition coefficient (Wildman–Crippen LogP) is 3.46. The number of hydrogen-bond donors (Lipinski definition) is 2. The zero-order valence-electron chi connectivity index (χ0n) is 13.5. The van der Waals surface area contributed by atoms with Gasteiger partial charge in [0.25, 0.3) is 0 Å². The minimum Gasteiger partial charge on any atom is -0.387 e. The molecule has 1 amide bonds. The van der Waals surface area contributed by atoms with E-state index in [1.807, 2.05) is 43.0 Å². The van der Waals surface area contributed by atoms with Crippen LogP contribution in [0.15, 0.2) is 24.3 Å². The van der Waals surface area contributed by atoms with Crippen molar-refractivity contribution in [2.75, 3.05) is 12.3 Å². The summed E-state index contributed by atoms with van der Waals surface area (Å²) in [7, 11) is 0. The Hall–Kier alpha value is -1.000. The van der Waals surface area contributed by atoms with Crippen LogP contribution in [0.3, 0.4) is 0 Å². The molecule has 0 spiro atoms. The largest absolute Gasteiger partial charge is 0.387 e. The van der Waals surface area contributed by atoms with Gasteiger partial charge in [-0.3, -0.25) is 4.79 Å². The van der Waals surface area contributed by atoms with Crippen LogP contribution in [0, 0.1) is 6.92 Å². The molecule has 1 rings (SSSR count). The molecule has 0 aliphatic heterocycles. The minimum absolute atomic E-state index is 0.0112. The molecule has 0 heterocycles. The smallest absolute Gasteiger partial charge is 0.220 e. The van der Waals surface area contributed by atoms with E-state index in [4.69, 9.17) is 0 Å². The summed E-state index contributed by atoms with van der Waals surface area (Å²) in [6, 6.07) is 7.70. The van der Waals surface area contributed by atoms with Gasteiger partial charge in [-0.15, -0.1) is 0 Å². The Morgan fingerprint density at radius 1 is 1.33 bits per heavy atom. The first kappa shape index (κ1) is 18.1. The highest BCUT2D eigenvalue weighted by Crippen LogP contribution is 2.24. The Balaban J connectivity index is 2.25. The van der Waals surface area contributed by atoms with Crippen LogP contribution in [0.2, 0.25) is 0 Å². The Morgan fingerprint density at radius 2 is 2.00 bits per heavy atom. The number of benzene rings is 1. The average molecular weight is 309 g/mol. The van der Waals surface area contributed by atoms with Gasteiger partial charge in [-0.25, -0.2) is 0 Å². The number of hydrogen-bond acceptors (Lipinski definition) is 3. The van der Waals surface area contributed by atoms with Crippen LogP contribution in [0.1, 0.15) is 50.8 Å². The molecule has 1 aromatic rings. The van der Waals surface area contributed by atoms with Gasteiger partial charge in [-0.1, -0.05) is 45.0 Å². The first-order chi connectivity index (χ1) is 9.79. The molecule has 1 unspecified atom stereocenters. The van der Waals surface area contributed by atoms with Gasteiger partial charge >= 0.3 is 0 Å². The Morgan fingerprint density at radius 3 is 2.62 bits per heavy atom. The molecule has 4 heteroatoms. The van der Waals surface area contributed by atoms with Crippen LogP contribution in [0.25, 0.3) is 0 Å². The molecular weight excluding hydrogens is 282 g/mol. The van der Waals surface area contributed by atoms with E-state index in [1.165, 1.54) is 0 Å². The predicted molar refractivity (Wildman–Crippen MR) is 90.6 cm³/mol. The van der Waals surface area contributed by atoms with Gasteiger partial charge in [-0.2, -0.15) is 11.8 Å². The van der Waals surface area contributed by atoms with Gasteiger partial charge in [0.1, 0.15) is 0 Å². The van der Waals surface area contributed by atoms with Crippen molar-refractivity contribution in [2.45, 2.75) is 51.4 Å². The fourth-order valence-corrected chi connectivity index (χ4v) is 2.88. The summed E-state index contributed by atoms with van der Waals surface area (Å²) in [5.74, 6) is 0.995. The fourth-order valence-electron chi connectivity index (χ4n) is 1.98. The third-order valence-electron chi connectivity index (χ3n) is 3.12. The Kier molecular flexibility index (Phi) is 7.26. The van der Waals surface area contributed by atoms with E-state index in [1.54, 1.807) is 0 Å². The molecule has 1 atom stereocenters. The quantitative estimate of drug-likeness (QED) is 0.758. The molecule has 118 valence electrons. The number of aliphatic hydroxyl groups excluding tert-OH is 1. The molecule has 0 aliphatic rings. The van der Waals surface area contributed by atoms with Crippen molar-refractivity contribution in [3.63, 3.8) is 0 Å². The second-order valence-corrected chi connectivity index (χ2v) is 8.16. The number of thioether (sulfide) groups is 1. The lowest BCUT2D eigenvalue weighted by molar-refractivity contribution is -0.121. The van der Waals surface area contributed by atoms with Crippen LogP contribution < -0.4 is 5.32 Å². The van der Waals surface area contributed by atoms with Crippen molar-refractivity contribution in [1.82, 2.24) is 5.32 Å². The highest BCUT2D eigenvalue weighted by Gasteiger charge is 2.12. The van der Waals surface area contributed by atoms with E-state index in [-0.39, 0.29) is 17.2 Å². The van der Waals surface area contributed by atoms with Crippen molar-refractivity contribution < 1.29 is 9.90 Å². The van der Waals surface area contributed by atoms with E-state index >= 15 is 0 Å². The molecule has 0 saturated heterocycles. The van der Waals surface area contributed by atoms with Crippen LogP contribution in [0.4, 0.5) is 0 Å². The zero-order valence-corrected chi connectivity index (χ0v) is 14.3. The maximum Gasteiger partial charge on any atom is 0.220 e. The maximum atomic E-state index is 11.8. The molecule has 0 radical (unpaired) electrons. The second kappa shape index (κ2) is 8.44. The van der Waals surface area contributed by atoms with E-state index in [0.717, 1.165) is 23.3 Å². The maximum absolute atomic E-state index is 11.8. The number of aryl methyl sites for hydroxylation is 1. The van der Waals surface area contributed by atoms with Crippen molar-refractivity contribution >= 4 is 17.7 Å². The normalized spacial score (nSPS) is 13.0. The van der Waals surface area contributed by atoms with Gasteiger partial charge in [0.15, 0.2) is 0 Å². The summed E-state index contributed by atoms with van der Waals surface area (Å²) in [4.78, 5) is 11.8. The standard InChI is InChI=1S/C17H27NO2S/c1-13-8-5-6-9-14(13)15(19)12-18-16(20)10-7-11-21-17(2,3)4/h5-6,8-9,15,19H,7,10-12H2,1-4H3,(H,18,20). The third-order valence-corrected chi connectivity index (χ3v) is 4.48. The molecule has 2 N–H and O–H groups in total. The molecule has 0 bridgehead atoms. The zero-order chi connectivity index (χ0) is 15.9. The number of carbonyl (C=O) groups excluding carboxylic acids is 1. The number of aliphatic hydroxyl groups is 1. The van der Waals surface area contributed by atoms with E-state index in [9.17, 15) is 9.90 Å². The molecule has 21 heavy (non-hydrogen) atoms. The van der Waals surface area contributed by atoms with Crippen molar-refractivity contribution in [1.29, 1.82) is 0 Å². The van der Waals surface area contributed by atoms with Crippen molar-refractivity contribution in [3.8, 4) is 0 Å². The highest BCUT2D eigenvalue weighted by molar-refractivity contribution is 8.00. The fraction of sp³-hybridized carbons (Fsp3) is 0.588. The lowest BCUT2D eigenvalue weighted by atomic mass is 10.0. The number of carbonyl (C=O) groups is 1. The summed E-state index contributed by atoms with van der Waals surface area (Å²) in [6.07, 6.45) is 0.747. The lowest BCUT2D eigenvalue weighted by Crippen LogP contribution is -2.28.